The van der Waals surface area contributed by atoms with E-state index in [1.54, 1.807) is 67.0 Å². The number of anilines is 2. The molecule has 2 amide bonds. The van der Waals surface area contributed by atoms with E-state index in [0.29, 0.717) is 51.5 Å². The van der Waals surface area contributed by atoms with Crippen LogP contribution in [-0.2, 0) is 0 Å². The monoisotopic (exact) mass is 910 g/mol. The number of primary amides is 2. The first-order valence-electron chi connectivity index (χ1n) is 19.0. The molecule has 2 aromatic heterocycles. The molecule has 0 aliphatic carbocycles. The van der Waals surface area contributed by atoms with Crippen molar-refractivity contribution in [1.29, 1.82) is 0 Å². The zero-order valence-corrected chi connectivity index (χ0v) is 35.4. The molecule has 0 saturated carbocycles. The van der Waals surface area contributed by atoms with Crippen LogP contribution in [0.3, 0.4) is 0 Å². The number of pyridine rings is 2. The van der Waals surface area contributed by atoms with Crippen molar-refractivity contribution < 1.29 is 29.1 Å². The van der Waals surface area contributed by atoms with E-state index in [1.165, 1.54) is 0 Å². The predicted octanol–water partition coefficient (Wildman–Crippen LogP) is 6.78. The highest BCUT2D eigenvalue weighted by molar-refractivity contribution is 9.10. The summed E-state index contributed by atoms with van der Waals surface area (Å²) in [6, 6.07) is 37.0. The lowest BCUT2D eigenvalue weighted by atomic mass is 9.81. The van der Waals surface area contributed by atoms with Gasteiger partial charge >= 0.3 is 7.12 Å². The van der Waals surface area contributed by atoms with Crippen LogP contribution in [0.25, 0.3) is 11.1 Å². The molecule has 6 aromatic rings. The molecule has 0 unspecified atom stereocenters. The van der Waals surface area contributed by atoms with Gasteiger partial charge in [-0.3, -0.25) is 9.59 Å². The van der Waals surface area contributed by atoms with Crippen LogP contribution < -0.4 is 36.2 Å². The molecule has 16 heteroatoms. The molecular formula is C44H42BBrCl2N6O6. The Morgan fingerprint density at radius 3 is 1.60 bits per heavy atom. The van der Waals surface area contributed by atoms with E-state index in [1.807, 2.05) is 66.7 Å². The molecule has 2 aliphatic rings. The molecule has 4 aromatic carbocycles. The minimum Gasteiger partial charge on any atom is -0.471 e. The maximum atomic E-state index is 12.1. The number of carbonyl (C=O) groups is 2. The van der Waals surface area contributed by atoms with Crippen LogP contribution in [0.2, 0.25) is 10.0 Å². The van der Waals surface area contributed by atoms with Gasteiger partial charge in [0.2, 0.25) is 11.8 Å². The topological polar surface area (TPSA) is 177 Å². The summed E-state index contributed by atoms with van der Waals surface area (Å²) in [6.45, 7) is 2.82. The zero-order chi connectivity index (χ0) is 42.6. The minimum atomic E-state index is -1.34. The predicted molar refractivity (Wildman–Crippen MR) is 240 cm³/mol. The number of hydrogen-bond donors (Lipinski definition) is 4. The molecule has 2 atom stereocenters. The van der Waals surface area contributed by atoms with Crippen LogP contribution in [0.4, 0.5) is 11.4 Å². The average Bonchev–Trinajstić information content (AvgIpc) is 3.93. The highest BCUT2D eigenvalue weighted by Crippen LogP contribution is 2.32. The zero-order valence-electron chi connectivity index (χ0n) is 32.3. The van der Waals surface area contributed by atoms with Gasteiger partial charge in [0, 0.05) is 54.2 Å². The Kier molecular flexibility index (Phi) is 15.4. The number of benzene rings is 4. The van der Waals surface area contributed by atoms with Crippen LogP contribution in [0.15, 0.2) is 138 Å². The van der Waals surface area contributed by atoms with Crippen LogP contribution >= 0.6 is 39.1 Å². The highest BCUT2D eigenvalue weighted by atomic mass is 79.9. The Labute approximate surface area is 367 Å². The van der Waals surface area contributed by atoms with Crippen LogP contribution in [0.5, 0.6) is 11.8 Å². The largest absolute Gasteiger partial charge is 0.488 e. The third-order valence-electron chi connectivity index (χ3n) is 9.67. The molecule has 12 nitrogen and oxygen atoms in total. The second-order valence-corrected chi connectivity index (χ2v) is 15.5. The van der Waals surface area contributed by atoms with Crippen molar-refractivity contribution in [2.75, 3.05) is 36.0 Å². The van der Waals surface area contributed by atoms with Gasteiger partial charge in [-0.1, -0.05) is 106 Å². The first-order chi connectivity index (χ1) is 29.0. The summed E-state index contributed by atoms with van der Waals surface area (Å²) in [4.78, 5) is 36.3. The Balaban J connectivity index is 0.000000169. The van der Waals surface area contributed by atoms with Gasteiger partial charge < -0.3 is 40.8 Å². The second-order valence-electron chi connectivity index (χ2n) is 13.8. The molecule has 0 radical (unpaired) electrons. The highest BCUT2D eigenvalue weighted by Gasteiger charge is 2.29. The summed E-state index contributed by atoms with van der Waals surface area (Å²) >= 11 is 15.6. The lowest BCUT2D eigenvalue weighted by molar-refractivity contribution is 0.0992. The van der Waals surface area contributed by atoms with E-state index in [0.717, 1.165) is 52.9 Å². The number of nitrogens with two attached hydrogens (primary N) is 2. The number of rotatable bonds is 10. The standard InChI is InChI=1S/C22H20ClN3O2.C16H15BrClN3O2.C6H7BO2/c23-19-7-4-11-25-22(19)28-17-10-12-26(14-17)20-9-8-16(13-18(20)21(24)27)15-5-2-1-3-6-15;17-10-3-4-14(12(8-10)15(19)22)21-7-5-11(9-21)23-16-13(18)2-1-6-20-16;8-7(9)6-4-2-1-3-5-6/h1-9,11,13,17H,10,12,14H2,(H2,24,27);1-4,6,8,11H,5,7,9H2,(H2,19,22);1-5,8-9H/t17-;11-;/m11./s1. The Bertz CT molecular complexity index is 2390. The molecule has 2 saturated heterocycles. The molecule has 308 valence electrons. The molecule has 4 heterocycles. The third-order valence-corrected chi connectivity index (χ3v) is 10.7. The van der Waals surface area contributed by atoms with Crippen LogP contribution in [-0.4, -0.2) is 77.3 Å². The lowest BCUT2D eigenvalue weighted by Gasteiger charge is -2.22. The van der Waals surface area contributed by atoms with Crippen molar-refractivity contribution in [2.45, 2.75) is 25.0 Å². The molecular weight excluding hydrogens is 870 g/mol. The molecule has 6 N–H and O–H groups in total. The van der Waals surface area contributed by atoms with Gasteiger partial charge in [-0.15, -0.1) is 0 Å². The molecule has 2 aliphatic heterocycles. The van der Waals surface area contributed by atoms with E-state index in [2.05, 4.69) is 35.7 Å². The van der Waals surface area contributed by atoms with Gasteiger partial charge in [0.15, 0.2) is 0 Å². The fourth-order valence-electron chi connectivity index (χ4n) is 6.74. The SMILES string of the molecule is NC(=O)c1cc(-c2ccccc2)ccc1N1CC[C@@H](Oc2ncccc2Cl)C1.NC(=O)c1cc(Br)ccc1N1CC[C@@H](Oc2ncccc2Cl)C1.OB(O)c1ccccc1. The van der Waals surface area contributed by atoms with Gasteiger partial charge in [0.25, 0.3) is 11.8 Å². The lowest BCUT2D eigenvalue weighted by Crippen LogP contribution is -2.29. The summed E-state index contributed by atoms with van der Waals surface area (Å²) in [7, 11) is -1.34. The van der Waals surface area contributed by atoms with Gasteiger partial charge in [0.05, 0.1) is 24.2 Å². The second kappa shape index (κ2) is 21.1. The van der Waals surface area contributed by atoms with Gasteiger partial charge in [-0.2, -0.15) is 0 Å². The Morgan fingerprint density at radius 1 is 0.650 bits per heavy atom. The number of nitrogens with zero attached hydrogens (tertiary/aromatic N) is 4. The number of ether oxygens (including phenoxy) is 2. The summed E-state index contributed by atoms with van der Waals surface area (Å²) in [5, 5.41) is 18.1. The quantitative estimate of drug-likeness (QED) is 0.107. The fraction of sp³-hybridized carbons (Fsp3) is 0.182. The first kappa shape index (κ1) is 43.9. The van der Waals surface area contributed by atoms with E-state index >= 15 is 0 Å². The van der Waals surface area contributed by atoms with E-state index in [9.17, 15) is 9.59 Å². The van der Waals surface area contributed by atoms with Crippen LogP contribution in [0, 0.1) is 0 Å². The minimum absolute atomic E-state index is 0.0354. The van der Waals surface area contributed by atoms with E-state index in [4.69, 9.17) is 54.2 Å². The van der Waals surface area contributed by atoms with E-state index < -0.39 is 18.9 Å². The Hall–Kier alpha value is -5.64. The van der Waals surface area contributed by atoms with Crippen molar-refractivity contribution >= 4 is 74.9 Å². The molecule has 8 rings (SSSR count). The molecule has 0 spiro atoms. The van der Waals surface area contributed by atoms with Gasteiger partial charge in [-0.05, 0) is 71.2 Å². The van der Waals surface area contributed by atoms with Crippen molar-refractivity contribution in [2.24, 2.45) is 11.5 Å². The smallest absolute Gasteiger partial charge is 0.471 e. The number of hydrogen-bond acceptors (Lipinski definition) is 10. The summed E-state index contributed by atoms with van der Waals surface area (Å²) < 4.78 is 12.6. The van der Waals surface area contributed by atoms with E-state index in [-0.39, 0.29) is 12.2 Å². The van der Waals surface area contributed by atoms with Crippen LogP contribution in [0.1, 0.15) is 33.6 Å². The molecule has 60 heavy (non-hydrogen) atoms. The first-order valence-corrected chi connectivity index (χ1v) is 20.6. The van der Waals surface area contributed by atoms with Crippen molar-refractivity contribution in [3.05, 3.63) is 159 Å². The number of aromatic nitrogens is 2. The number of carbonyl (C=O) groups excluding carboxylic acids is 2. The Morgan fingerprint density at radius 2 is 1.13 bits per heavy atom. The summed E-state index contributed by atoms with van der Waals surface area (Å²) in [6.07, 6.45) is 4.84. The number of halogens is 3. The molecule has 2 fully saturated rings. The molecule has 0 bridgehead atoms. The van der Waals surface area contributed by atoms with Crippen molar-refractivity contribution in [1.82, 2.24) is 9.97 Å². The summed E-state index contributed by atoms with van der Waals surface area (Å²) in [5.41, 5.74) is 16.4. The van der Waals surface area contributed by atoms with Crippen molar-refractivity contribution in [3.63, 3.8) is 0 Å². The average molecular weight is 912 g/mol. The fourth-order valence-corrected chi connectivity index (χ4v) is 7.44. The summed E-state index contributed by atoms with van der Waals surface area (Å²) in [5.74, 6) is -0.0131. The maximum Gasteiger partial charge on any atom is 0.488 e. The maximum absolute atomic E-state index is 12.1. The van der Waals surface area contributed by atoms with Crippen molar-refractivity contribution in [3.8, 4) is 22.9 Å². The number of amides is 2. The van der Waals surface area contributed by atoms with Gasteiger partial charge in [-0.25, -0.2) is 9.97 Å². The van der Waals surface area contributed by atoms with Gasteiger partial charge in [0.1, 0.15) is 22.3 Å². The third kappa shape index (κ3) is 11.8. The normalized spacial score (nSPS) is 15.6.